The Hall–Kier alpha value is -2.61. The predicted molar refractivity (Wildman–Crippen MR) is 91.9 cm³/mol. The number of benzene rings is 1. The van der Waals surface area contributed by atoms with Gasteiger partial charge in [-0.2, -0.15) is 0 Å². The van der Waals surface area contributed by atoms with Crippen LogP contribution in [0, 0.1) is 5.82 Å². The number of amides is 1. The molecule has 0 bridgehead atoms. The topological polar surface area (TPSA) is 76.8 Å². The molecule has 8 heteroatoms. The maximum absolute atomic E-state index is 13.6. The summed E-state index contributed by atoms with van der Waals surface area (Å²) in [5.41, 5.74) is -0.141. The Morgan fingerprint density at radius 3 is 2.69 bits per heavy atom. The van der Waals surface area contributed by atoms with E-state index < -0.39 is 35.6 Å². The van der Waals surface area contributed by atoms with Gasteiger partial charge in [0.15, 0.2) is 6.61 Å². The van der Waals surface area contributed by atoms with Gasteiger partial charge < -0.3 is 14.1 Å². The molecule has 1 amide bonds. The van der Waals surface area contributed by atoms with Gasteiger partial charge in [-0.3, -0.25) is 9.59 Å². The van der Waals surface area contributed by atoms with Crippen molar-refractivity contribution in [1.29, 1.82) is 0 Å². The number of nitrogens with zero attached hydrogens (tertiary/aromatic N) is 1. The smallest absolute Gasteiger partial charge is 0.330 e. The van der Waals surface area contributed by atoms with Gasteiger partial charge in [-0.05, 0) is 24.3 Å². The fraction of sp³-hybridized carbons (Fsp3) is 0.278. The lowest BCUT2D eigenvalue weighted by atomic mass is 10.1. The van der Waals surface area contributed by atoms with E-state index in [1.54, 1.807) is 12.1 Å². The highest BCUT2D eigenvalue weighted by molar-refractivity contribution is 7.99. The van der Waals surface area contributed by atoms with Gasteiger partial charge in [0.2, 0.25) is 11.7 Å². The summed E-state index contributed by atoms with van der Waals surface area (Å²) in [5.74, 6) is -1.45. The van der Waals surface area contributed by atoms with E-state index in [1.165, 1.54) is 48.0 Å². The summed E-state index contributed by atoms with van der Waals surface area (Å²) in [4.78, 5) is 37.8. The molecule has 1 saturated heterocycles. The molecule has 1 aromatic carbocycles. The highest BCUT2D eigenvalue weighted by Crippen LogP contribution is 2.41. The van der Waals surface area contributed by atoms with Gasteiger partial charge in [0.25, 0.3) is 0 Å². The minimum Gasteiger partial charge on any atom is -0.466 e. The molecule has 6 nitrogen and oxygen atoms in total. The number of halogens is 1. The maximum atomic E-state index is 13.6. The molecule has 1 aromatic heterocycles. The molecule has 0 aliphatic carbocycles. The van der Waals surface area contributed by atoms with Crippen LogP contribution in [-0.2, 0) is 14.3 Å². The quantitative estimate of drug-likeness (QED) is 0.589. The number of ketones is 1. The SMILES string of the molecule is CC(=O)N1[C@@H](C(=O)OCC(=O)c2ccccc2F)CS[C@@H]1c1ccco1. The first-order valence-corrected chi connectivity index (χ1v) is 8.92. The number of thioether (sulfide) groups is 1. The van der Waals surface area contributed by atoms with E-state index in [4.69, 9.17) is 9.15 Å². The molecule has 26 heavy (non-hydrogen) atoms. The summed E-state index contributed by atoms with van der Waals surface area (Å²) in [6, 6.07) is 8.07. The zero-order chi connectivity index (χ0) is 18.7. The van der Waals surface area contributed by atoms with Crippen molar-refractivity contribution < 1.29 is 27.9 Å². The van der Waals surface area contributed by atoms with Gasteiger partial charge >= 0.3 is 5.97 Å². The number of carbonyl (C=O) groups excluding carboxylic acids is 3. The second-order valence-electron chi connectivity index (χ2n) is 5.65. The first-order valence-electron chi connectivity index (χ1n) is 7.87. The average Bonchev–Trinajstić information content (AvgIpc) is 3.28. The van der Waals surface area contributed by atoms with E-state index in [9.17, 15) is 18.8 Å². The number of furan rings is 1. The zero-order valence-corrected chi connectivity index (χ0v) is 14.7. The molecule has 2 heterocycles. The van der Waals surface area contributed by atoms with Crippen LogP contribution in [0.4, 0.5) is 4.39 Å². The highest BCUT2D eigenvalue weighted by atomic mass is 32.2. The van der Waals surface area contributed by atoms with E-state index in [0.717, 1.165) is 6.07 Å². The molecule has 0 N–H and O–H groups in total. The van der Waals surface area contributed by atoms with Crippen molar-refractivity contribution in [1.82, 2.24) is 4.90 Å². The van der Waals surface area contributed by atoms with Crippen molar-refractivity contribution in [3.63, 3.8) is 0 Å². The van der Waals surface area contributed by atoms with Crippen LogP contribution in [0.1, 0.15) is 28.4 Å². The van der Waals surface area contributed by atoms with Gasteiger partial charge in [-0.15, -0.1) is 11.8 Å². The van der Waals surface area contributed by atoms with Crippen LogP contribution in [0.2, 0.25) is 0 Å². The molecular formula is C18H16FNO5S. The molecule has 0 radical (unpaired) electrons. The summed E-state index contributed by atoms with van der Waals surface area (Å²) in [5, 5.41) is -0.428. The fourth-order valence-electron chi connectivity index (χ4n) is 2.72. The lowest BCUT2D eigenvalue weighted by Crippen LogP contribution is -2.43. The Bertz CT molecular complexity index is 823. The summed E-state index contributed by atoms with van der Waals surface area (Å²) < 4.78 is 24.0. The molecule has 1 fully saturated rings. The Kier molecular flexibility index (Phi) is 5.41. The number of ether oxygens (including phenoxy) is 1. The maximum Gasteiger partial charge on any atom is 0.330 e. The van der Waals surface area contributed by atoms with Gasteiger partial charge in [0.05, 0.1) is 11.8 Å². The molecule has 1 aliphatic heterocycles. The molecule has 0 saturated carbocycles. The van der Waals surface area contributed by atoms with Crippen LogP contribution >= 0.6 is 11.8 Å². The molecule has 2 aromatic rings. The summed E-state index contributed by atoms with van der Waals surface area (Å²) >= 11 is 1.37. The van der Waals surface area contributed by atoms with E-state index in [1.807, 2.05) is 0 Å². The molecular weight excluding hydrogens is 361 g/mol. The zero-order valence-electron chi connectivity index (χ0n) is 13.9. The van der Waals surface area contributed by atoms with E-state index in [0.29, 0.717) is 11.5 Å². The minimum absolute atomic E-state index is 0.141. The monoisotopic (exact) mass is 377 g/mol. The van der Waals surface area contributed by atoms with Crippen LogP contribution in [0.15, 0.2) is 47.1 Å². The third-order valence-corrected chi connectivity index (χ3v) is 5.23. The van der Waals surface area contributed by atoms with Gasteiger partial charge in [0.1, 0.15) is 23.0 Å². The Balaban J connectivity index is 1.66. The largest absolute Gasteiger partial charge is 0.466 e. The molecule has 0 unspecified atom stereocenters. The first-order chi connectivity index (χ1) is 12.5. The fourth-order valence-corrected chi connectivity index (χ4v) is 4.14. The lowest BCUT2D eigenvalue weighted by molar-refractivity contribution is -0.152. The number of carbonyl (C=O) groups is 3. The van der Waals surface area contributed by atoms with Gasteiger partial charge in [0, 0.05) is 12.7 Å². The van der Waals surface area contributed by atoms with Crippen LogP contribution in [0.5, 0.6) is 0 Å². The molecule has 2 atom stereocenters. The van der Waals surface area contributed by atoms with Crippen LogP contribution in [0.25, 0.3) is 0 Å². The Morgan fingerprint density at radius 1 is 1.27 bits per heavy atom. The van der Waals surface area contributed by atoms with Crippen LogP contribution in [-0.4, -0.2) is 41.0 Å². The van der Waals surface area contributed by atoms with E-state index in [2.05, 4.69) is 0 Å². The Labute approximate surface area is 153 Å². The Morgan fingerprint density at radius 2 is 2.04 bits per heavy atom. The highest BCUT2D eigenvalue weighted by Gasteiger charge is 2.43. The van der Waals surface area contributed by atoms with Crippen molar-refractivity contribution in [2.45, 2.75) is 18.3 Å². The number of esters is 1. The minimum atomic E-state index is -0.832. The van der Waals surface area contributed by atoms with Gasteiger partial charge in [-0.25, -0.2) is 9.18 Å². The summed E-state index contributed by atoms with van der Waals surface area (Å²) in [7, 11) is 0. The second-order valence-corrected chi connectivity index (χ2v) is 6.77. The molecule has 3 rings (SSSR count). The molecule has 1 aliphatic rings. The number of rotatable bonds is 5. The predicted octanol–water partition coefficient (Wildman–Crippen LogP) is 2.81. The second kappa shape index (κ2) is 7.74. The third kappa shape index (κ3) is 3.65. The van der Waals surface area contributed by atoms with Crippen molar-refractivity contribution in [3.05, 3.63) is 59.8 Å². The van der Waals surface area contributed by atoms with E-state index in [-0.39, 0.29) is 11.5 Å². The van der Waals surface area contributed by atoms with Crippen molar-refractivity contribution >= 4 is 29.4 Å². The molecule has 136 valence electrons. The van der Waals surface area contributed by atoms with Crippen LogP contribution in [0.3, 0.4) is 0 Å². The summed E-state index contributed by atoms with van der Waals surface area (Å²) in [6.07, 6.45) is 1.49. The summed E-state index contributed by atoms with van der Waals surface area (Å²) in [6.45, 7) is 0.769. The van der Waals surface area contributed by atoms with Crippen molar-refractivity contribution in [2.75, 3.05) is 12.4 Å². The lowest BCUT2D eigenvalue weighted by Gasteiger charge is -2.25. The third-order valence-electron chi connectivity index (χ3n) is 3.94. The number of Topliss-reactive ketones (excluding diaryl/α,β-unsaturated/α-hetero) is 1. The average molecular weight is 377 g/mol. The van der Waals surface area contributed by atoms with Crippen molar-refractivity contribution in [3.8, 4) is 0 Å². The van der Waals surface area contributed by atoms with Crippen LogP contribution < -0.4 is 0 Å². The first kappa shape index (κ1) is 18.2. The van der Waals surface area contributed by atoms with Gasteiger partial charge in [-0.1, -0.05) is 12.1 Å². The standard InChI is InChI=1S/C18H16FNO5S/c1-11(21)20-14(10-26-17(20)16-7-4-8-24-16)18(23)25-9-15(22)12-5-2-3-6-13(12)19/h2-8,14,17H,9-10H2,1H3/t14-,17-/m1/s1. The van der Waals surface area contributed by atoms with E-state index >= 15 is 0 Å². The number of hydrogen-bond acceptors (Lipinski definition) is 6. The molecule has 0 spiro atoms. The normalized spacial score (nSPS) is 19.4. The van der Waals surface area contributed by atoms with Crippen molar-refractivity contribution in [2.24, 2.45) is 0 Å². The number of hydrogen-bond donors (Lipinski definition) is 0.